The molecule has 0 aromatic carbocycles. The molecule has 5 heteroatoms. The lowest BCUT2D eigenvalue weighted by atomic mass is 10.2. The first-order chi connectivity index (χ1) is 8.75. The Hall–Kier alpha value is -1.75. The van der Waals surface area contributed by atoms with Crippen molar-refractivity contribution in [1.82, 2.24) is 15.3 Å². The Balaban J connectivity index is 1.75. The molecule has 0 aliphatic heterocycles. The number of nitrogens with one attached hydrogen (secondary N) is 1. The van der Waals surface area contributed by atoms with Crippen molar-refractivity contribution in [3.63, 3.8) is 0 Å². The zero-order chi connectivity index (χ0) is 12.8. The maximum absolute atomic E-state index is 11.8. The smallest absolute Gasteiger partial charge is 0.252 e. The minimum atomic E-state index is -0.0645. The molecular weight excluding hydrogens is 246 g/mol. The summed E-state index contributed by atoms with van der Waals surface area (Å²) in [4.78, 5) is 20.0. The Kier molecular flexibility index (Phi) is 4.41. The summed E-state index contributed by atoms with van der Waals surface area (Å²) >= 11 is 1.65. The number of carbonyl (C=O) groups is 1. The van der Waals surface area contributed by atoms with Crippen molar-refractivity contribution in [2.24, 2.45) is 0 Å². The highest BCUT2D eigenvalue weighted by atomic mass is 32.1. The second kappa shape index (κ2) is 6.26. The van der Waals surface area contributed by atoms with E-state index in [1.54, 1.807) is 29.9 Å². The molecule has 1 N–H and O–H groups in total. The van der Waals surface area contributed by atoms with Gasteiger partial charge in [-0.1, -0.05) is 0 Å². The monoisotopic (exact) mass is 261 g/mol. The van der Waals surface area contributed by atoms with E-state index in [2.05, 4.69) is 15.3 Å². The molecule has 1 amide bonds. The van der Waals surface area contributed by atoms with Crippen LogP contribution in [0.25, 0.3) is 0 Å². The highest BCUT2D eigenvalue weighted by molar-refractivity contribution is 7.09. The van der Waals surface area contributed by atoms with Gasteiger partial charge in [0, 0.05) is 36.9 Å². The fraction of sp³-hybridized carbons (Fsp3) is 0.308. The highest BCUT2D eigenvalue weighted by Crippen LogP contribution is 2.06. The lowest BCUT2D eigenvalue weighted by Gasteiger charge is -2.04. The summed E-state index contributed by atoms with van der Waals surface area (Å²) in [6.07, 6.45) is 6.93. The van der Waals surface area contributed by atoms with E-state index in [1.807, 2.05) is 18.4 Å². The number of nitrogens with zero attached hydrogens (tertiary/aromatic N) is 2. The van der Waals surface area contributed by atoms with Gasteiger partial charge in [0.25, 0.3) is 5.91 Å². The molecule has 4 nitrogen and oxygen atoms in total. The number of carbonyl (C=O) groups excluding carboxylic acids is 1. The Labute approximate surface area is 110 Å². The summed E-state index contributed by atoms with van der Waals surface area (Å²) in [5.41, 5.74) is 1.61. The second-order valence-corrected chi connectivity index (χ2v) is 5.02. The number of rotatable bonds is 5. The lowest BCUT2D eigenvalue weighted by Crippen LogP contribution is -2.24. The van der Waals surface area contributed by atoms with Gasteiger partial charge in [0.2, 0.25) is 0 Å². The van der Waals surface area contributed by atoms with Crippen LogP contribution in [0.4, 0.5) is 0 Å². The van der Waals surface area contributed by atoms with Gasteiger partial charge in [-0.3, -0.25) is 9.78 Å². The fourth-order valence-electron chi connectivity index (χ4n) is 1.60. The third-order valence-electron chi connectivity index (χ3n) is 2.47. The van der Waals surface area contributed by atoms with Crippen molar-refractivity contribution < 1.29 is 4.79 Å². The van der Waals surface area contributed by atoms with Crippen LogP contribution < -0.4 is 5.32 Å². The summed E-state index contributed by atoms with van der Waals surface area (Å²) < 4.78 is 0. The van der Waals surface area contributed by atoms with Gasteiger partial charge in [0.15, 0.2) is 0 Å². The largest absolute Gasteiger partial charge is 0.352 e. The molecule has 0 aliphatic rings. The summed E-state index contributed by atoms with van der Waals surface area (Å²) in [5.74, 6) is -0.0645. The van der Waals surface area contributed by atoms with Gasteiger partial charge in [0.05, 0.1) is 10.6 Å². The van der Waals surface area contributed by atoms with Crippen LogP contribution in [-0.2, 0) is 6.42 Å². The van der Waals surface area contributed by atoms with E-state index >= 15 is 0 Å². The molecular formula is C13H15N3OS. The normalized spacial score (nSPS) is 10.3. The Morgan fingerprint density at radius 3 is 3.06 bits per heavy atom. The average Bonchev–Trinajstić information content (AvgIpc) is 2.87. The Morgan fingerprint density at radius 1 is 1.44 bits per heavy atom. The number of hydrogen-bond donors (Lipinski definition) is 1. The molecule has 2 aromatic rings. The lowest BCUT2D eigenvalue weighted by molar-refractivity contribution is 0.0953. The molecule has 0 saturated carbocycles. The maximum atomic E-state index is 11.8. The van der Waals surface area contributed by atoms with E-state index in [0.717, 1.165) is 23.4 Å². The first-order valence-electron chi connectivity index (χ1n) is 5.84. The molecule has 0 atom stereocenters. The first kappa shape index (κ1) is 12.7. The van der Waals surface area contributed by atoms with Gasteiger partial charge in [-0.15, -0.1) is 11.3 Å². The second-order valence-electron chi connectivity index (χ2n) is 4.04. The topological polar surface area (TPSA) is 54.9 Å². The van der Waals surface area contributed by atoms with E-state index in [1.165, 1.54) is 0 Å². The van der Waals surface area contributed by atoms with Gasteiger partial charge < -0.3 is 5.32 Å². The number of pyridine rings is 1. The van der Waals surface area contributed by atoms with Gasteiger partial charge in [-0.25, -0.2) is 4.98 Å². The van der Waals surface area contributed by atoms with Crippen LogP contribution in [0, 0.1) is 6.92 Å². The zero-order valence-corrected chi connectivity index (χ0v) is 11.0. The molecule has 0 bridgehead atoms. The fourth-order valence-corrected chi connectivity index (χ4v) is 2.26. The molecule has 0 saturated heterocycles. The quantitative estimate of drug-likeness (QED) is 0.840. The van der Waals surface area contributed by atoms with Crippen molar-refractivity contribution in [2.45, 2.75) is 19.8 Å². The van der Waals surface area contributed by atoms with E-state index in [4.69, 9.17) is 0 Å². The summed E-state index contributed by atoms with van der Waals surface area (Å²) in [5, 5.41) is 5.96. The van der Waals surface area contributed by atoms with E-state index in [9.17, 15) is 4.79 Å². The molecule has 18 heavy (non-hydrogen) atoms. The molecule has 0 radical (unpaired) electrons. The molecule has 2 rings (SSSR count). The van der Waals surface area contributed by atoms with Crippen molar-refractivity contribution in [3.8, 4) is 0 Å². The van der Waals surface area contributed by atoms with Crippen molar-refractivity contribution in [2.75, 3.05) is 6.54 Å². The number of hydrogen-bond acceptors (Lipinski definition) is 4. The molecule has 0 fully saturated rings. The van der Waals surface area contributed by atoms with Crippen LogP contribution in [0.1, 0.15) is 27.3 Å². The standard InChI is InChI=1S/C13H15N3OS/c1-10-7-11(9-14-8-10)13(17)16-4-2-3-12-15-5-6-18-12/h5-9H,2-4H2,1H3,(H,16,17). The zero-order valence-electron chi connectivity index (χ0n) is 10.2. The van der Waals surface area contributed by atoms with Crippen LogP contribution in [-0.4, -0.2) is 22.4 Å². The predicted molar refractivity (Wildman–Crippen MR) is 71.7 cm³/mol. The van der Waals surface area contributed by atoms with Gasteiger partial charge >= 0.3 is 0 Å². The molecule has 94 valence electrons. The summed E-state index contributed by atoms with van der Waals surface area (Å²) in [6, 6.07) is 1.84. The first-order valence-corrected chi connectivity index (χ1v) is 6.72. The predicted octanol–water partition coefficient (Wildman–Crippen LogP) is 2.21. The molecule has 2 aromatic heterocycles. The van der Waals surface area contributed by atoms with Gasteiger partial charge in [0.1, 0.15) is 0 Å². The van der Waals surface area contributed by atoms with Crippen molar-refractivity contribution in [1.29, 1.82) is 0 Å². The van der Waals surface area contributed by atoms with Crippen molar-refractivity contribution >= 4 is 17.2 Å². The molecule has 0 spiro atoms. The summed E-state index contributed by atoms with van der Waals surface area (Å²) in [6.45, 7) is 2.58. The number of amides is 1. The van der Waals surface area contributed by atoms with Crippen LogP contribution >= 0.6 is 11.3 Å². The molecule has 0 aliphatic carbocycles. The average molecular weight is 261 g/mol. The van der Waals surface area contributed by atoms with E-state index in [-0.39, 0.29) is 5.91 Å². The van der Waals surface area contributed by atoms with Crippen LogP contribution in [0.2, 0.25) is 0 Å². The summed E-state index contributed by atoms with van der Waals surface area (Å²) in [7, 11) is 0. The van der Waals surface area contributed by atoms with Gasteiger partial charge in [-0.05, 0) is 25.0 Å². The van der Waals surface area contributed by atoms with Gasteiger partial charge in [-0.2, -0.15) is 0 Å². The van der Waals surface area contributed by atoms with Crippen LogP contribution in [0.15, 0.2) is 30.0 Å². The van der Waals surface area contributed by atoms with Crippen LogP contribution in [0.3, 0.4) is 0 Å². The Morgan fingerprint density at radius 2 is 2.33 bits per heavy atom. The Bertz CT molecular complexity index is 511. The minimum Gasteiger partial charge on any atom is -0.352 e. The SMILES string of the molecule is Cc1cncc(C(=O)NCCCc2nccs2)c1. The minimum absolute atomic E-state index is 0.0645. The number of aryl methyl sites for hydroxylation is 2. The number of aromatic nitrogens is 2. The number of thiazole rings is 1. The van der Waals surface area contributed by atoms with E-state index < -0.39 is 0 Å². The third-order valence-corrected chi connectivity index (χ3v) is 3.31. The van der Waals surface area contributed by atoms with Crippen molar-refractivity contribution in [3.05, 3.63) is 46.2 Å². The highest BCUT2D eigenvalue weighted by Gasteiger charge is 2.05. The van der Waals surface area contributed by atoms with Crippen LogP contribution in [0.5, 0.6) is 0 Å². The maximum Gasteiger partial charge on any atom is 0.252 e. The molecule has 0 unspecified atom stereocenters. The third kappa shape index (κ3) is 3.63. The van der Waals surface area contributed by atoms with E-state index in [0.29, 0.717) is 12.1 Å². The molecule has 2 heterocycles.